The van der Waals surface area contributed by atoms with Gasteiger partial charge in [0.1, 0.15) is 0 Å². The van der Waals surface area contributed by atoms with Gasteiger partial charge in [-0.25, -0.2) is 0 Å². The van der Waals surface area contributed by atoms with E-state index >= 15 is 0 Å². The average Bonchev–Trinajstić information content (AvgIpc) is 3.02. The Morgan fingerprint density at radius 2 is 1.62 bits per heavy atom. The SMILES string of the molecule is Cc1cc(C=N[C@@H]2c3ccccc3C[C@@H]2[O-])c([O-])c(C23CC4CC(CC(C4)C2)C3)c1.[Cl-].[Cr+3]. The number of halogens is 1. The summed E-state index contributed by atoms with van der Waals surface area (Å²) in [6.07, 6.45) is 9.15. The molecule has 5 aliphatic carbocycles. The normalized spacial score (nSPS) is 34.2. The molecular weight excluding hydrogens is 458 g/mol. The van der Waals surface area contributed by atoms with Crippen LogP contribution in [0.25, 0.3) is 0 Å². The molecule has 0 spiro atoms. The molecule has 5 heteroatoms. The standard InChI is InChI=1S/C27H30NO2.ClH.Cr/c1-16-6-21(15-28-25-22-5-3-2-4-20(22)11-24(25)29)26(30)23(7-16)27-12-17-8-18(13-27)10-19(9-17)14-27;;/h2-7,15,17-19,24-25,30H,8-14H2,1H3;1H;/q-1;;+3/p-2/t17?,18?,19?,24-,25+,27?;;/m0../s1. The third-order valence-corrected chi connectivity index (χ3v) is 8.39. The van der Waals surface area contributed by atoms with Gasteiger partial charge in [-0.05, 0) is 97.3 Å². The molecule has 2 aromatic carbocycles. The van der Waals surface area contributed by atoms with E-state index in [-0.39, 0.29) is 47.0 Å². The summed E-state index contributed by atoms with van der Waals surface area (Å²) in [5.41, 5.74) is 5.04. The van der Waals surface area contributed by atoms with Crippen molar-refractivity contribution < 1.29 is 40.0 Å². The molecule has 0 aromatic heterocycles. The quantitative estimate of drug-likeness (QED) is 0.607. The van der Waals surface area contributed by atoms with Crippen molar-refractivity contribution in [3.8, 4) is 5.75 Å². The topological polar surface area (TPSA) is 58.5 Å². The van der Waals surface area contributed by atoms with Crippen LogP contribution >= 0.6 is 0 Å². The summed E-state index contributed by atoms with van der Waals surface area (Å²) >= 11 is 0. The van der Waals surface area contributed by atoms with Crippen LogP contribution in [0.1, 0.15) is 72.4 Å². The Kier molecular flexibility index (Phi) is 6.56. The summed E-state index contributed by atoms with van der Waals surface area (Å²) in [4.78, 5) is 4.67. The fraction of sp³-hybridized carbons (Fsp3) is 0.519. The van der Waals surface area contributed by atoms with Crippen molar-refractivity contribution in [2.24, 2.45) is 22.7 Å². The van der Waals surface area contributed by atoms with E-state index in [0.717, 1.165) is 40.0 Å². The third-order valence-electron chi connectivity index (χ3n) is 8.39. The molecule has 3 nitrogen and oxygen atoms in total. The maximum Gasteiger partial charge on any atom is 3.00 e. The van der Waals surface area contributed by atoms with Gasteiger partial charge in [0.2, 0.25) is 0 Å². The monoisotopic (exact) mass is 486 g/mol. The van der Waals surface area contributed by atoms with Crippen molar-refractivity contribution in [3.05, 3.63) is 64.2 Å². The number of nitrogens with zero attached hydrogens (tertiary/aromatic N) is 1. The third kappa shape index (κ3) is 3.84. The van der Waals surface area contributed by atoms with Crippen LogP contribution < -0.4 is 22.6 Å². The van der Waals surface area contributed by atoms with E-state index in [9.17, 15) is 10.2 Å². The molecule has 0 N–H and O–H groups in total. The van der Waals surface area contributed by atoms with Crippen LogP contribution in [-0.2, 0) is 29.2 Å². The molecule has 0 heterocycles. The van der Waals surface area contributed by atoms with Gasteiger partial charge in [-0.2, -0.15) is 0 Å². The van der Waals surface area contributed by atoms with Crippen LogP contribution in [0.4, 0.5) is 0 Å². The number of benzene rings is 2. The van der Waals surface area contributed by atoms with E-state index in [2.05, 4.69) is 18.0 Å². The van der Waals surface area contributed by atoms with Gasteiger partial charge in [0.15, 0.2) is 0 Å². The van der Waals surface area contributed by atoms with Crippen LogP contribution in [0, 0.1) is 24.7 Å². The summed E-state index contributed by atoms with van der Waals surface area (Å²) in [6, 6.07) is 11.7. The van der Waals surface area contributed by atoms with Gasteiger partial charge in [0.25, 0.3) is 0 Å². The molecule has 4 saturated carbocycles. The number of hydrogen-bond donors (Lipinski definition) is 0. The summed E-state index contributed by atoms with van der Waals surface area (Å²) in [7, 11) is 0. The Bertz CT molecular complexity index is 1000. The maximum absolute atomic E-state index is 13.6. The van der Waals surface area contributed by atoms with Gasteiger partial charge in [0, 0.05) is 6.21 Å². The fourth-order valence-corrected chi connectivity index (χ4v) is 7.61. The molecule has 0 unspecified atom stereocenters. The molecule has 2 atom stereocenters. The van der Waals surface area contributed by atoms with Gasteiger partial charge in [-0.15, -0.1) is 0 Å². The zero-order chi connectivity index (χ0) is 20.5. The van der Waals surface area contributed by atoms with E-state index in [1.165, 1.54) is 38.5 Å². The molecule has 5 aliphatic rings. The molecule has 7 rings (SSSR count). The van der Waals surface area contributed by atoms with Crippen LogP contribution in [0.5, 0.6) is 5.75 Å². The summed E-state index contributed by atoms with van der Waals surface area (Å²) in [6.45, 7) is 2.09. The maximum atomic E-state index is 13.6. The average molecular weight is 487 g/mol. The Hall–Kier alpha value is -1.31. The molecule has 0 aliphatic heterocycles. The van der Waals surface area contributed by atoms with Crippen LogP contribution in [0.2, 0.25) is 0 Å². The predicted octanol–water partition coefficient (Wildman–Crippen LogP) is 0.983. The second-order valence-corrected chi connectivity index (χ2v) is 10.6. The second-order valence-electron chi connectivity index (χ2n) is 10.6. The Morgan fingerprint density at radius 1 is 1.00 bits per heavy atom. The van der Waals surface area contributed by atoms with Crippen LogP contribution in [-0.4, -0.2) is 12.3 Å². The van der Waals surface area contributed by atoms with E-state index < -0.39 is 6.10 Å². The molecule has 1 radical (unpaired) electrons. The minimum atomic E-state index is -0.763. The smallest absolute Gasteiger partial charge is 1.00 e. The Morgan fingerprint density at radius 3 is 2.28 bits per heavy atom. The molecular formula is C27H29ClCrNO2. The Labute approximate surface area is 207 Å². The number of fused-ring (bicyclic) bond motifs is 1. The second kappa shape index (κ2) is 8.80. The van der Waals surface area contributed by atoms with E-state index in [4.69, 9.17) is 0 Å². The first kappa shape index (κ1) is 23.8. The number of aliphatic imine (C=N–C) groups is 1. The van der Waals surface area contributed by atoms with Crippen molar-refractivity contribution in [1.82, 2.24) is 0 Å². The van der Waals surface area contributed by atoms with Crippen LogP contribution in [0.3, 0.4) is 0 Å². The van der Waals surface area contributed by atoms with Gasteiger partial charge >= 0.3 is 17.4 Å². The van der Waals surface area contributed by atoms with Crippen molar-refractivity contribution in [2.75, 3.05) is 0 Å². The van der Waals surface area contributed by atoms with Gasteiger partial charge in [-0.3, -0.25) is 4.99 Å². The predicted molar refractivity (Wildman–Crippen MR) is 115 cm³/mol. The van der Waals surface area contributed by atoms with Gasteiger partial charge in [0.05, 0.1) is 6.04 Å². The summed E-state index contributed by atoms with van der Waals surface area (Å²) in [5.74, 6) is 2.58. The molecule has 0 amide bonds. The zero-order valence-corrected chi connectivity index (χ0v) is 20.5. The minimum absolute atomic E-state index is 0. The molecule has 32 heavy (non-hydrogen) atoms. The molecule has 4 bridgehead atoms. The van der Waals surface area contributed by atoms with Crippen molar-refractivity contribution >= 4 is 6.21 Å². The Balaban J connectivity index is 0.00000122. The van der Waals surface area contributed by atoms with E-state index in [1.54, 1.807) is 6.21 Å². The van der Waals surface area contributed by atoms with Crippen molar-refractivity contribution in [2.45, 2.75) is 69.4 Å². The van der Waals surface area contributed by atoms with Crippen molar-refractivity contribution in [1.29, 1.82) is 0 Å². The number of rotatable bonds is 3. The first-order chi connectivity index (χ1) is 14.5. The first-order valence-electron chi connectivity index (χ1n) is 11.6. The van der Waals surface area contributed by atoms with Crippen LogP contribution in [0.15, 0.2) is 41.4 Å². The number of aryl methyl sites for hydroxylation is 1. The molecule has 2 aromatic rings. The summed E-state index contributed by atoms with van der Waals surface area (Å²) < 4.78 is 0. The van der Waals surface area contributed by atoms with E-state index in [1.807, 2.05) is 30.3 Å². The minimum Gasteiger partial charge on any atom is -1.00 e. The molecule has 4 fully saturated rings. The number of hydrogen-bond acceptors (Lipinski definition) is 3. The van der Waals surface area contributed by atoms with E-state index in [0.29, 0.717) is 12.0 Å². The van der Waals surface area contributed by atoms with Gasteiger partial charge < -0.3 is 22.6 Å². The first-order valence-corrected chi connectivity index (χ1v) is 11.6. The largest absolute Gasteiger partial charge is 3.00 e. The van der Waals surface area contributed by atoms with Crippen molar-refractivity contribution in [3.63, 3.8) is 0 Å². The fourth-order valence-electron chi connectivity index (χ4n) is 7.61. The van der Waals surface area contributed by atoms with Gasteiger partial charge in [-0.1, -0.05) is 53.8 Å². The zero-order valence-electron chi connectivity index (χ0n) is 18.4. The molecule has 0 saturated heterocycles. The summed E-state index contributed by atoms with van der Waals surface area (Å²) in [5, 5.41) is 26.2. The molecule has 167 valence electrons.